The standard InChI is InChI=1S/C21H14F3N5O3.C2H7N/c1-11-16(18(30)31)17(13-7-5-12(10-25)6-8-13)29-19(26-27-20(29)32)28(11)15-4-2-3-14(9-15)21(22,23)24;1-2-3/h2-9,17H,1H3,(H,27,32)(H,30,31);2-3H2,1H3. The van der Waals surface area contributed by atoms with E-state index in [1.807, 2.05) is 13.0 Å². The lowest BCUT2D eigenvalue weighted by atomic mass is 9.94. The maximum atomic E-state index is 13.3. The number of aromatic amines is 1. The van der Waals surface area contributed by atoms with Gasteiger partial charge in [-0.2, -0.15) is 18.4 Å². The van der Waals surface area contributed by atoms with Crippen molar-refractivity contribution in [2.45, 2.75) is 26.1 Å². The van der Waals surface area contributed by atoms with Crippen LogP contribution in [0.1, 0.15) is 36.6 Å². The molecule has 9 nitrogen and oxygen atoms in total. The molecule has 1 unspecified atom stereocenters. The van der Waals surface area contributed by atoms with E-state index in [0.717, 1.165) is 23.2 Å². The average molecular weight is 486 g/mol. The number of aliphatic carboxylic acids is 1. The molecule has 0 bridgehead atoms. The molecule has 4 N–H and O–H groups in total. The molecule has 0 amide bonds. The fourth-order valence-electron chi connectivity index (χ4n) is 3.74. The Morgan fingerprint density at radius 3 is 2.43 bits per heavy atom. The number of rotatable bonds is 3. The second kappa shape index (κ2) is 9.86. The van der Waals surface area contributed by atoms with E-state index >= 15 is 0 Å². The SMILES string of the molecule is CC1=C(C(=O)O)C(c2ccc(C#N)cc2)n2c(n[nH]c2=O)N1c1cccc(C(F)(F)F)c1.CCN. The minimum absolute atomic E-state index is 0.00500. The number of alkyl halides is 3. The summed E-state index contributed by atoms with van der Waals surface area (Å²) in [5.74, 6) is -1.42. The van der Waals surface area contributed by atoms with Crippen LogP contribution < -0.4 is 16.3 Å². The van der Waals surface area contributed by atoms with Gasteiger partial charge in [0.25, 0.3) is 0 Å². The molecule has 0 aliphatic carbocycles. The number of fused-ring (bicyclic) bond motifs is 1. The van der Waals surface area contributed by atoms with Crippen molar-refractivity contribution in [2.24, 2.45) is 5.73 Å². The van der Waals surface area contributed by atoms with Crippen LogP contribution in [0.4, 0.5) is 24.8 Å². The van der Waals surface area contributed by atoms with Gasteiger partial charge in [0.15, 0.2) is 0 Å². The second-order valence-electron chi connectivity index (χ2n) is 7.43. The van der Waals surface area contributed by atoms with Gasteiger partial charge in [-0.25, -0.2) is 19.3 Å². The third-order valence-corrected chi connectivity index (χ3v) is 5.16. The van der Waals surface area contributed by atoms with Crippen LogP contribution >= 0.6 is 0 Å². The monoisotopic (exact) mass is 486 g/mol. The fraction of sp³-hybridized carbons (Fsp3) is 0.217. The van der Waals surface area contributed by atoms with Gasteiger partial charge in [0, 0.05) is 11.4 Å². The number of halogens is 3. The highest BCUT2D eigenvalue weighted by Gasteiger charge is 2.39. The number of benzene rings is 2. The van der Waals surface area contributed by atoms with Gasteiger partial charge >= 0.3 is 17.8 Å². The third-order valence-electron chi connectivity index (χ3n) is 5.16. The van der Waals surface area contributed by atoms with E-state index in [-0.39, 0.29) is 22.9 Å². The molecule has 3 aromatic rings. The van der Waals surface area contributed by atoms with Gasteiger partial charge in [0.05, 0.1) is 22.8 Å². The third kappa shape index (κ3) is 4.80. The van der Waals surface area contributed by atoms with Crippen LogP contribution in [0.25, 0.3) is 0 Å². The normalized spacial score (nSPS) is 15.1. The first-order chi connectivity index (χ1) is 16.5. The van der Waals surface area contributed by atoms with Gasteiger partial charge in [-0.3, -0.25) is 4.90 Å². The second-order valence-corrected chi connectivity index (χ2v) is 7.43. The van der Waals surface area contributed by atoms with Crippen LogP contribution in [-0.2, 0) is 11.0 Å². The fourth-order valence-corrected chi connectivity index (χ4v) is 3.74. The number of hydrogen-bond donors (Lipinski definition) is 3. The van der Waals surface area contributed by atoms with Gasteiger partial charge < -0.3 is 10.8 Å². The molecule has 1 aliphatic heterocycles. The van der Waals surface area contributed by atoms with Crippen molar-refractivity contribution in [3.8, 4) is 6.07 Å². The van der Waals surface area contributed by atoms with Crippen molar-refractivity contribution >= 4 is 17.6 Å². The minimum Gasteiger partial charge on any atom is -0.478 e. The van der Waals surface area contributed by atoms with Crippen molar-refractivity contribution in [1.29, 1.82) is 5.26 Å². The minimum atomic E-state index is -4.62. The average Bonchev–Trinajstić information content (AvgIpc) is 3.19. The quantitative estimate of drug-likeness (QED) is 0.514. The Labute approximate surface area is 197 Å². The Balaban J connectivity index is 0.00000108. The van der Waals surface area contributed by atoms with E-state index in [9.17, 15) is 27.9 Å². The topological polar surface area (TPSA) is 141 Å². The van der Waals surface area contributed by atoms with Gasteiger partial charge in [-0.05, 0) is 49.4 Å². The zero-order valence-electron chi connectivity index (χ0n) is 18.7. The van der Waals surface area contributed by atoms with Crippen molar-refractivity contribution < 1.29 is 23.1 Å². The summed E-state index contributed by atoms with van der Waals surface area (Å²) in [6, 6.07) is 11.1. The van der Waals surface area contributed by atoms with Crippen LogP contribution in [0.15, 0.2) is 64.6 Å². The molecule has 2 aromatic carbocycles. The number of allylic oxidation sites excluding steroid dienone is 1. The van der Waals surface area contributed by atoms with Crippen LogP contribution in [0, 0.1) is 11.3 Å². The number of carboxylic acids is 1. The molecule has 1 aliphatic rings. The van der Waals surface area contributed by atoms with Crippen molar-refractivity contribution in [1.82, 2.24) is 14.8 Å². The zero-order chi connectivity index (χ0) is 25.9. The summed E-state index contributed by atoms with van der Waals surface area (Å²) in [6.07, 6.45) is -4.62. The zero-order valence-corrected chi connectivity index (χ0v) is 18.7. The number of nitrogens with one attached hydrogen (secondary N) is 1. The predicted molar refractivity (Wildman–Crippen MR) is 121 cm³/mol. The lowest BCUT2D eigenvalue weighted by Gasteiger charge is -2.35. The maximum Gasteiger partial charge on any atom is 0.416 e. The van der Waals surface area contributed by atoms with Crippen LogP contribution in [0.2, 0.25) is 0 Å². The van der Waals surface area contributed by atoms with E-state index in [2.05, 4.69) is 10.2 Å². The van der Waals surface area contributed by atoms with Gasteiger partial charge in [0.1, 0.15) is 6.04 Å². The molecule has 1 atom stereocenters. The molecule has 0 saturated heterocycles. The number of carbonyl (C=O) groups is 1. The highest BCUT2D eigenvalue weighted by Crippen LogP contribution is 2.42. The number of aromatic nitrogens is 3. The number of H-pyrrole nitrogens is 1. The number of nitrogens with zero attached hydrogens (tertiary/aromatic N) is 4. The molecule has 182 valence electrons. The number of carboxylic acid groups (broad SMARTS) is 1. The first-order valence-electron chi connectivity index (χ1n) is 10.3. The van der Waals surface area contributed by atoms with Crippen LogP contribution in [-0.4, -0.2) is 32.4 Å². The molecule has 0 saturated carbocycles. The van der Waals surface area contributed by atoms with Crippen LogP contribution in [0.3, 0.4) is 0 Å². The molecule has 0 radical (unpaired) electrons. The highest BCUT2D eigenvalue weighted by molar-refractivity contribution is 5.92. The molecule has 1 aromatic heterocycles. The molecule has 0 spiro atoms. The number of nitriles is 1. The number of nitrogens with two attached hydrogens (primary N) is 1. The lowest BCUT2D eigenvalue weighted by molar-refractivity contribution is -0.137. The van der Waals surface area contributed by atoms with E-state index in [0.29, 0.717) is 11.1 Å². The largest absolute Gasteiger partial charge is 0.478 e. The van der Waals surface area contributed by atoms with E-state index in [4.69, 9.17) is 11.0 Å². The number of hydrogen-bond acceptors (Lipinski definition) is 6. The Morgan fingerprint density at radius 2 is 1.89 bits per heavy atom. The van der Waals surface area contributed by atoms with Gasteiger partial charge in [-0.15, -0.1) is 5.10 Å². The number of anilines is 2. The molecule has 4 rings (SSSR count). The Morgan fingerprint density at radius 1 is 1.26 bits per heavy atom. The Hall–Kier alpha value is -4.37. The maximum absolute atomic E-state index is 13.3. The smallest absolute Gasteiger partial charge is 0.416 e. The van der Waals surface area contributed by atoms with Crippen molar-refractivity contribution in [3.05, 3.63) is 87.0 Å². The summed E-state index contributed by atoms with van der Waals surface area (Å²) < 4.78 is 40.8. The summed E-state index contributed by atoms with van der Waals surface area (Å²) in [4.78, 5) is 26.1. The molecule has 2 heterocycles. The predicted octanol–water partition coefficient (Wildman–Crippen LogP) is 3.53. The molecule has 35 heavy (non-hydrogen) atoms. The first kappa shape index (κ1) is 25.3. The Kier molecular flexibility index (Phi) is 7.12. The van der Waals surface area contributed by atoms with Gasteiger partial charge in [-0.1, -0.05) is 25.1 Å². The van der Waals surface area contributed by atoms with Crippen molar-refractivity contribution in [2.75, 3.05) is 11.4 Å². The molecule has 12 heteroatoms. The van der Waals surface area contributed by atoms with Gasteiger partial charge in [0.2, 0.25) is 5.95 Å². The first-order valence-corrected chi connectivity index (χ1v) is 10.3. The summed E-state index contributed by atoms with van der Waals surface area (Å²) in [7, 11) is 0. The summed E-state index contributed by atoms with van der Waals surface area (Å²) >= 11 is 0. The van der Waals surface area contributed by atoms with Crippen LogP contribution in [0.5, 0.6) is 0 Å². The van der Waals surface area contributed by atoms with E-state index < -0.39 is 29.4 Å². The van der Waals surface area contributed by atoms with Crippen molar-refractivity contribution in [3.63, 3.8) is 0 Å². The Bertz CT molecular complexity index is 1370. The van der Waals surface area contributed by atoms with E-state index in [1.165, 1.54) is 48.2 Å². The molecule has 0 fully saturated rings. The molecular formula is C23H21F3N6O3. The highest BCUT2D eigenvalue weighted by atomic mass is 19.4. The van der Waals surface area contributed by atoms with E-state index in [1.54, 1.807) is 0 Å². The summed E-state index contributed by atoms with van der Waals surface area (Å²) in [5, 5.41) is 25.2. The molecular weight excluding hydrogens is 465 g/mol. The lowest BCUT2D eigenvalue weighted by Crippen LogP contribution is -2.37. The summed E-state index contributed by atoms with van der Waals surface area (Å²) in [6.45, 7) is 4.09. The summed E-state index contributed by atoms with van der Waals surface area (Å²) in [5.41, 5.74) is 3.79.